The lowest BCUT2D eigenvalue weighted by molar-refractivity contribution is -0.137. The van der Waals surface area contributed by atoms with Gasteiger partial charge in [-0.05, 0) is 18.2 Å². The highest BCUT2D eigenvalue weighted by Crippen LogP contribution is 2.32. The standard InChI is InChI=1S/C19H15F3N4O2/c20-19(21,22)12-2-1-3-13(10-12)25-6-8-26(9-7-25)14-11-15(27)16-17(18(14)28)24-5-4-23-16/h1-5,10-11H,6-9H2. The molecule has 0 radical (unpaired) electrons. The molecule has 6 nitrogen and oxygen atoms in total. The third-order valence-corrected chi connectivity index (χ3v) is 4.81. The number of allylic oxidation sites excluding steroid dienone is 2. The minimum atomic E-state index is -4.40. The molecule has 9 heteroatoms. The van der Waals surface area contributed by atoms with Gasteiger partial charge in [-0.2, -0.15) is 13.2 Å². The summed E-state index contributed by atoms with van der Waals surface area (Å²) in [6, 6.07) is 5.17. The average molecular weight is 388 g/mol. The molecule has 1 fully saturated rings. The zero-order valence-corrected chi connectivity index (χ0v) is 14.6. The highest BCUT2D eigenvalue weighted by molar-refractivity contribution is 6.22. The molecular weight excluding hydrogens is 373 g/mol. The summed E-state index contributed by atoms with van der Waals surface area (Å²) in [5.41, 5.74) is 0.106. The molecule has 1 aliphatic heterocycles. The van der Waals surface area contributed by atoms with Crippen LogP contribution in [-0.4, -0.2) is 52.6 Å². The quantitative estimate of drug-likeness (QED) is 0.788. The van der Waals surface area contributed by atoms with E-state index in [4.69, 9.17) is 0 Å². The van der Waals surface area contributed by atoms with Gasteiger partial charge in [0.25, 0.3) is 0 Å². The highest BCUT2D eigenvalue weighted by atomic mass is 19.4. The maximum absolute atomic E-state index is 12.9. The molecule has 2 aromatic rings. The fourth-order valence-corrected chi connectivity index (χ4v) is 3.38. The first kappa shape index (κ1) is 18.1. The zero-order valence-electron chi connectivity index (χ0n) is 14.6. The van der Waals surface area contributed by atoms with Gasteiger partial charge in [0, 0.05) is 50.3 Å². The van der Waals surface area contributed by atoms with Gasteiger partial charge in [-0.25, -0.2) is 9.97 Å². The molecule has 0 amide bonds. The largest absolute Gasteiger partial charge is 0.416 e. The molecular formula is C19H15F3N4O2. The molecule has 1 saturated heterocycles. The Hall–Kier alpha value is -3.23. The summed E-state index contributed by atoms with van der Waals surface area (Å²) in [6.07, 6.45) is -0.416. The first-order valence-electron chi connectivity index (χ1n) is 8.63. The van der Waals surface area contributed by atoms with E-state index in [0.717, 1.165) is 12.1 Å². The molecule has 0 unspecified atom stereocenters. The van der Waals surface area contributed by atoms with Gasteiger partial charge in [0.2, 0.25) is 11.6 Å². The summed E-state index contributed by atoms with van der Waals surface area (Å²) >= 11 is 0. The fraction of sp³-hybridized carbons (Fsp3) is 0.263. The van der Waals surface area contributed by atoms with Crippen LogP contribution < -0.4 is 4.90 Å². The number of benzene rings is 1. The van der Waals surface area contributed by atoms with Crippen molar-refractivity contribution in [3.63, 3.8) is 0 Å². The van der Waals surface area contributed by atoms with Gasteiger partial charge in [-0.3, -0.25) is 9.59 Å². The Balaban J connectivity index is 1.50. The lowest BCUT2D eigenvalue weighted by Gasteiger charge is -2.38. The Kier molecular flexibility index (Phi) is 4.37. The summed E-state index contributed by atoms with van der Waals surface area (Å²) in [6.45, 7) is 1.65. The molecule has 2 heterocycles. The van der Waals surface area contributed by atoms with Crippen LogP contribution in [0, 0.1) is 0 Å². The van der Waals surface area contributed by atoms with E-state index in [1.165, 1.54) is 24.5 Å². The van der Waals surface area contributed by atoms with Crippen molar-refractivity contribution in [2.75, 3.05) is 31.1 Å². The van der Waals surface area contributed by atoms with Crippen LogP contribution >= 0.6 is 0 Å². The number of ketones is 2. The Morgan fingerprint density at radius 1 is 0.893 bits per heavy atom. The van der Waals surface area contributed by atoms with Gasteiger partial charge < -0.3 is 9.80 Å². The fourth-order valence-electron chi connectivity index (χ4n) is 3.38. The van der Waals surface area contributed by atoms with E-state index in [1.807, 2.05) is 4.90 Å². The van der Waals surface area contributed by atoms with E-state index in [2.05, 4.69) is 9.97 Å². The second kappa shape index (κ2) is 6.74. The van der Waals surface area contributed by atoms with Crippen molar-refractivity contribution in [3.05, 3.63) is 65.4 Å². The van der Waals surface area contributed by atoms with Gasteiger partial charge in [-0.1, -0.05) is 6.07 Å². The monoisotopic (exact) mass is 388 g/mol. The number of alkyl halides is 3. The number of carbonyl (C=O) groups excluding carboxylic acids is 2. The number of fused-ring (bicyclic) bond motifs is 1. The molecule has 0 N–H and O–H groups in total. The smallest absolute Gasteiger partial charge is 0.368 e. The van der Waals surface area contributed by atoms with Crippen LogP contribution in [0.2, 0.25) is 0 Å². The van der Waals surface area contributed by atoms with E-state index in [1.54, 1.807) is 11.0 Å². The normalized spacial score (nSPS) is 17.5. The third kappa shape index (κ3) is 3.23. The Labute approximate surface area is 158 Å². The minimum Gasteiger partial charge on any atom is -0.368 e. The summed E-state index contributed by atoms with van der Waals surface area (Å²) in [5, 5.41) is 0. The summed E-state index contributed by atoms with van der Waals surface area (Å²) < 4.78 is 38.8. The SMILES string of the molecule is O=C1C=C(N2CCN(c3cccc(C(F)(F)F)c3)CC2)C(=O)c2nccnc21. The molecule has 1 aromatic heterocycles. The molecule has 28 heavy (non-hydrogen) atoms. The Morgan fingerprint density at radius 3 is 2.21 bits per heavy atom. The van der Waals surface area contributed by atoms with Crippen LogP contribution in [0.15, 0.2) is 48.4 Å². The van der Waals surface area contributed by atoms with E-state index < -0.39 is 11.7 Å². The highest BCUT2D eigenvalue weighted by Gasteiger charge is 2.33. The van der Waals surface area contributed by atoms with Crippen molar-refractivity contribution in [1.29, 1.82) is 0 Å². The number of nitrogens with zero attached hydrogens (tertiary/aromatic N) is 4. The van der Waals surface area contributed by atoms with Gasteiger partial charge in [-0.15, -0.1) is 0 Å². The van der Waals surface area contributed by atoms with Crippen molar-refractivity contribution >= 4 is 17.3 Å². The summed E-state index contributed by atoms with van der Waals surface area (Å²) in [7, 11) is 0. The summed E-state index contributed by atoms with van der Waals surface area (Å²) in [5.74, 6) is -0.742. The molecule has 0 bridgehead atoms. The van der Waals surface area contributed by atoms with Crippen LogP contribution in [-0.2, 0) is 6.18 Å². The molecule has 2 aliphatic rings. The number of hydrogen-bond donors (Lipinski definition) is 0. The second-order valence-electron chi connectivity index (χ2n) is 6.50. The van der Waals surface area contributed by atoms with Crippen LogP contribution in [0.1, 0.15) is 26.5 Å². The lowest BCUT2D eigenvalue weighted by Crippen LogP contribution is -2.47. The number of Topliss-reactive ketones (excluding diaryl/α,β-unsaturated/α-hetero) is 1. The number of carbonyl (C=O) groups is 2. The summed E-state index contributed by atoms with van der Waals surface area (Å²) in [4.78, 5) is 36.4. The molecule has 0 spiro atoms. The van der Waals surface area contributed by atoms with Crippen molar-refractivity contribution in [2.24, 2.45) is 0 Å². The van der Waals surface area contributed by atoms with E-state index in [0.29, 0.717) is 31.9 Å². The van der Waals surface area contributed by atoms with Crippen LogP contribution in [0.25, 0.3) is 0 Å². The zero-order chi connectivity index (χ0) is 19.9. The molecule has 1 aromatic carbocycles. The van der Waals surface area contributed by atoms with Crippen LogP contribution in [0.5, 0.6) is 0 Å². The number of piperazine rings is 1. The minimum absolute atomic E-state index is 0.0327. The van der Waals surface area contributed by atoms with E-state index >= 15 is 0 Å². The molecule has 0 atom stereocenters. The number of rotatable bonds is 2. The molecule has 4 rings (SSSR count). The second-order valence-corrected chi connectivity index (χ2v) is 6.50. The predicted molar refractivity (Wildman–Crippen MR) is 94.0 cm³/mol. The van der Waals surface area contributed by atoms with Crippen molar-refractivity contribution in [3.8, 4) is 0 Å². The van der Waals surface area contributed by atoms with E-state index in [-0.39, 0.29) is 28.7 Å². The molecule has 1 aliphatic carbocycles. The maximum atomic E-state index is 12.9. The molecule has 144 valence electrons. The third-order valence-electron chi connectivity index (χ3n) is 4.81. The number of hydrogen-bond acceptors (Lipinski definition) is 6. The number of halogens is 3. The maximum Gasteiger partial charge on any atom is 0.416 e. The van der Waals surface area contributed by atoms with Crippen molar-refractivity contribution in [1.82, 2.24) is 14.9 Å². The topological polar surface area (TPSA) is 66.4 Å². The number of aromatic nitrogens is 2. The van der Waals surface area contributed by atoms with Gasteiger partial charge in [0.1, 0.15) is 11.4 Å². The Bertz CT molecular complexity index is 979. The van der Waals surface area contributed by atoms with Gasteiger partial charge in [0.05, 0.1) is 11.3 Å². The number of anilines is 1. The first-order valence-corrected chi connectivity index (χ1v) is 8.63. The average Bonchev–Trinajstić information content (AvgIpc) is 2.70. The van der Waals surface area contributed by atoms with Crippen molar-refractivity contribution < 1.29 is 22.8 Å². The van der Waals surface area contributed by atoms with E-state index in [9.17, 15) is 22.8 Å². The lowest BCUT2D eigenvalue weighted by atomic mass is 10.0. The molecule has 0 saturated carbocycles. The van der Waals surface area contributed by atoms with Crippen LogP contribution in [0.3, 0.4) is 0 Å². The predicted octanol–water partition coefficient (Wildman–Crippen LogP) is 2.58. The van der Waals surface area contributed by atoms with Crippen LogP contribution in [0.4, 0.5) is 18.9 Å². The first-order chi connectivity index (χ1) is 13.3. The van der Waals surface area contributed by atoms with Gasteiger partial charge in [0.15, 0.2) is 0 Å². The van der Waals surface area contributed by atoms with Crippen molar-refractivity contribution in [2.45, 2.75) is 6.18 Å². The Morgan fingerprint density at radius 2 is 1.54 bits per heavy atom. The van der Waals surface area contributed by atoms with Gasteiger partial charge >= 0.3 is 6.18 Å².